The maximum absolute atomic E-state index is 12.4. The summed E-state index contributed by atoms with van der Waals surface area (Å²) in [5.74, 6) is -0.667. The lowest BCUT2D eigenvalue weighted by atomic mass is 10.0. The molecule has 2 aromatic carbocycles. The van der Waals surface area contributed by atoms with E-state index in [0.29, 0.717) is 17.5 Å². The molecule has 2 rings (SSSR count). The number of esters is 1. The number of aryl methyl sites for hydroxylation is 1. The summed E-state index contributed by atoms with van der Waals surface area (Å²) in [6, 6.07) is 14.1. The highest BCUT2D eigenvalue weighted by Crippen LogP contribution is 2.19. The van der Waals surface area contributed by atoms with E-state index in [2.05, 4.69) is 15.9 Å². The number of benzene rings is 2. The van der Waals surface area contributed by atoms with E-state index in [4.69, 9.17) is 4.74 Å². The Balaban J connectivity index is 2.14. The lowest BCUT2D eigenvalue weighted by molar-refractivity contribution is 0.0277. The van der Waals surface area contributed by atoms with Gasteiger partial charge in [0.25, 0.3) is 0 Å². The lowest BCUT2D eigenvalue weighted by Gasteiger charge is -2.15. The summed E-state index contributed by atoms with van der Waals surface area (Å²) in [5, 5.41) is 0. The molecule has 0 amide bonds. The predicted molar refractivity (Wildman–Crippen MR) is 89.1 cm³/mol. The van der Waals surface area contributed by atoms with Gasteiger partial charge in [0, 0.05) is 10.0 Å². The Morgan fingerprint density at radius 2 is 1.77 bits per heavy atom. The van der Waals surface area contributed by atoms with Gasteiger partial charge in [-0.2, -0.15) is 0 Å². The van der Waals surface area contributed by atoms with E-state index in [-0.39, 0.29) is 5.78 Å². The van der Waals surface area contributed by atoms with Crippen molar-refractivity contribution in [1.82, 2.24) is 0 Å². The summed E-state index contributed by atoms with van der Waals surface area (Å²) in [4.78, 5) is 24.6. The van der Waals surface area contributed by atoms with Gasteiger partial charge in [0.1, 0.15) is 0 Å². The number of rotatable bonds is 5. The van der Waals surface area contributed by atoms with Crippen LogP contribution in [0.15, 0.2) is 53.0 Å². The molecular formula is C18H17BrO3. The minimum Gasteiger partial charge on any atom is -0.450 e. The third kappa shape index (κ3) is 3.83. The highest BCUT2D eigenvalue weighted by Gasteiger charge is 2.23. The molecule has 0 radical (unpaired) electrons. The second-order valence-electron chi connectivity index (χ2n) is 5.00. The summed E-state index contributed by atoms with van der Waals surface area (Å²) in [6.45, 7) is 3.76. The van der Waals surface area contributed by atoms with E-state index in [9.17, 15) is 9.59 Å². The smallest absolute Gasteiger partial charge is 0.338 e. The summed E-state index contributed by atoms with van der Waals surface area (Å²) in [5.41, 5.74) is 2.01. The van der Waals surface area contributed by atoms with Crippen molar-refractivity contribution in [3.05, 3.63) is 69.7 Å². The first-order valence-electron chi connectivity index (χ1n) is 7.09. The van der Waals surface area contributed by atoms with Gasteiger partial charge in [0.05, 0.1) is 5.56 Å². The Bertz CT molecular complexity index is 680. The maximum Gasteiger partial charge on any atom is 0.338 e. The second-order valence-corrected chi connectivity index (χ2v) is 5.85. The Morgan fingerprint density at radius 3 is 2.36 bits per heavy atom. The molecule has 0 heterocycles. The highest BCUT2D eigenvalue weighted by molar-refractivity contribution is 9.10. The number of hydrogen-bond acceptors (Lipinski definition) is 3. The number of ether oxygens (including phenoxy) is 1. The Morgan fingerprint density at radius 1 is 1.09 bits per heavy atom. The van der Waals surface area contributed by atoms with Crippen molar-refractivity contribution >= 4 is 27.7 Å². The minimum absolute atomic E-state index is 0.178. The molecule has 2 aromatic rings. The van der Waals surface area contributed by atoms with Gasteiger partial charge in [-0.05, 0) is 31.0 Å². The van der Waals surface area contributed by atoms with Crippen LogP contribution in [0.25, 0.3) is 0 Å². The van der Waals surface area contributed by atoms with Crippen molar-refractivity contribution < 1.29 is 14.3 Å². The van der Waals surface area contributed by atoms with Gasteiger partial charge in [-0.3, -0.25) is 4.79 Å². The van der Waals surface area contributed by atoms with Crippen LogP contribution in [-0.4, -0.2) is 17.9 Å². The molecule has 0 fully saturated rings. The molecule has 0 N–H and O–H groups in total. The van der Waals surface area contributed by atoms with E-state index in [0.717, 1.165) is 10.0 Å². The molecule has 4 heteroatoms. The van der Waals surface area contributed by atoms with Gasteiger partial charge in [-0.15, -0.1) is 0 Å². The maximum atomic E-state index is 12.4. The van der Waals surface area contributed by atoms with Gasteiger partial charge in [0.2, 0.25) is 5.78 Å². The largest absolute Gasteiger partial charge is 0.450 e. The predicted octanol–water partition coefficient (Wildman–Crippen LogP) is 4.58. The Labute approximate surface area is 138 Å². The van der Waals surface area contributed by atoms with Crippen molar-refractivity contribution in [1.29, 1.82) is 0 Å². The zero-order valence-electron chi connectivity index (χ0n) is 12.5. The zero-order valence-corrected chi connectivity index (χ0v) is 14.1. The fraction of sp³-hybridized carbons (Fsp3) is 0.222. The van der Waals surface area contributed by atoms with E-state index in [1.165, 1.54) is 0 Å². The number of Topliss-reactive ketones (excluding diaryl/α,β-unsaturated/α-hetero) is 1. The van der Waals surface area contributed by atoms with Crippen LogP contribution < -0.4 is 0 Å². The fourth-order valence-electron chi connectivity index (χ4n) is 2.03. The second kappa shape index (κ2) is 7.36. The van der Waals surface area contributed by atoms with Crippen LogP contribution in [0.2, 0.25) is 0 Å². The monoisotopic (exact) mass is 360 g/mol. The molecule has 0 saturated carbocycles. The molecule has 0 saturated heterocycles. The standard InChI is InChI=1S/C18H17BrO3/c1-3-16(17(20)13-7-5-4-6-8-13)22-18(21)14-10-9-12(2)15(19)11-14/h4-11,16H,3H2,1-2H3/t16-/m0/s1. The topological polar surface area (TPSA) is 43.4 Å². The molecule has 0 aromatic heterocycles. The highest BCUT2D eigenvalue weighted by atomic mass is 79.9. The molecule has 0 unspecified atom stereocenters. The fourth-order valence-corrected chi connectivity index (χ4v) is 2.41. The van der Waals surface area contributed by atoms with Crippen LogP contribution in [0.1, 0.15) is 39.6 Å². The van der Waals surface area contributed by atoms with Crippen molar-refractivity contribution in [2.24, 2.45) is 0 Å². The number of carbonyl (C=O) groups is 2. The molecule has 0 bridgehead atoms. The summed E-state index contributed by atoms with van der Waals surface area (Å²) < 4.78 is 6.22. The molecule has 22 heavy (non-hydrogen) atoms. The lowest BCUT2D eigenvalue weighted by Crippen LogP contribution is -2.26. The van der Waals surface area contributed by atoms with Crippen LogP contribution in [0.5, 0.6) is 0 Å². The van der Waals surface area contributed by atoms with Crippen LogP contribution in [-0.2, 0) is 4.74 Å². The first kappa shape index (κ1) is 16.4. The van der Waals surface area contributed by atoms with Crippen molar-refractivity contribution in [3.63, 3.8) is 0 Å². The number of ketones is 1. The summed E-state index contributed by atoms with van der Waals surface area (Å²) in [7, 11) is 0. The minimum atomic E-state index is -0.769. The van der Waals surface area contributed by atoms with Gasteiger partial charge >= 0.3 is 5.97 Å². The quantitative estimate of drug-likeness (QED) is 0.579. The first-order chi connectivity index (χ1) is 10.5. The molecule has 0 aliphatic rings. The third-order valence-electron chi connectivity index (χ3n) is 3.38. The number of carbonyl (C=O) groups excluding carboxylic acids is 2. The van der Waals surface area contributed by atoms with Crippen LogP contribution in [0.3, 0.4) is 0 Å². The van der Waals surface area contributed by atoms with E-state index in [1.54, 1.807) is 36.4 Å². The van der Waals surface area contributed by atoms with Crippen LogP contribution >= 0.6 is 15.9 Å². The molecule has 1 atom stereocenters. The van der Waals surface area contributed by atoms with Gasteiger partial charge in [-0.1, -0.05) is 59.3 Å². The molecule has 114 valence electrons. The van der Waals surface area contributed by atoms with Gasteiger partial charge in [-0.25, -0.2) is 4.79 Å². The van der Waals surface area contributed by atoms with Gasteiger partial charge < -0.3 is 4.74 Å². The van der Waals surface area contributed by atoms with E-state index in [1.807, 2.05) is 26.0 Å². The Kier molecular flexibility index (Phi) is 5.50. The number of hydrogen-bond donors (Lipinski definition) is 0. The normalized spacial score (nSPS) is 11.8. The summed E-state index contributed by atoms with van der Waals surface area (Å²) in [6.07, 6.45) is -0.332. The number of halogens is 1. The average Bonchev–Trinajstić information content (AvgIpc) is 2.55. The van der Waals surface area contributed by atoms with Gasteiger partial charge in [0.15, 0.2) is 6.10 Å². The molecule has 0 aliphatic heterocycles. The van der Waals surface area contributed by atoms with Crippen LogP contribution in [0, 0.1) is 6.92 Å². The summed E-state index contributed by atoms with van der Waals surface area (Å²) >= 11 is 3.39. The zero-order chi connectivity index (χ0) is 16.1. The average molecular weight is 361 g/mol. The first-order valence-corrected chi connectivity index (χ1v) is 7.88. The molecule has 0 spiro atoms. The third-order valence-corrected chi connectivity index (χ3v) is 4.23. The molecular weight excluding hydrogens is 344 g/mol. The Hall–Kier alpha value is -1.94. The van der Waals surface area contributed by atoms with Crippen molar-refractivity contribution in [2.45, 2.75) is 26.4 Å². The molecule has 3 nitrogen and oxygen atoms in total. The SMILES string of the molecule is CC[C@H](OC(=O)c1ccc(C)c(Br)c1)C(=O)c1ccccc1. The van der Waals surface area contributed by atoms with E-state index >= 15 is 0 Å². The van der Waals surface area contributed by atoms with Crippen LogP contribution in [0.4, 0.5) is 0 Å². The molecule has 0 aliphatic carbocycles. The van der Waals surface area contributed by atoms with E-state index < -0.39 is 12.1 Å². The van der Waals surface area contributed by atoms with Crippen molar-refractivity contribution in [3.8, 4) is 0 Å². The van der Waals surface area contributed by atoms with Crippen molar-refractivity contribution in [2.75, 3.05) is 0 Å².